The second-order valence-electron chi connectivity index (χ2n) is 4.64. The van der Waals surface area contributed by atoms with E-state index in [2.05, 4.69) is 11.4 Å². The van der Waals surface area contributed by atoms with E-state index in [0.717, 1.165) is 6.42 Å². The molecule has 0 unspecified atom stereocenters. The van der Waals surface area contributed by atoms with Crippen LogP contribution in [0.15, 0.2) is 12.3 Å². The zero-order valence-corrected chi connectivity index (χ0v) is 14.2. The third-order valence-corrected chi connectivity index (χ3v) is 3.14. The summed E-state index contributed by atoms with van der Waals surface area (Å²) in [4.78, 5) is 16.8. The van der Waals surface area contributed by atoms with Crippen LogP contribution in [0.2, 0.25) is 0 Å². The zero-order valence-electron chi connectivity index (χ0n) is 13.3. The number of phosphoric ester groups is 1. The van der Waals surface area contributed by atoms with E-state index in [1.54, 1.807) is 6.26 Å². The van der Waals surface area contributed by atoms with Crippen molar-refractivity contribution in [1.29, 1.82) is 0 Å². The molecule has 0 spiro atoms. The Bertz CT molecular complexity index is 304. The lowest BCUT2D eigenvalue weighted by molar-refractivity contribution is 0.0198. The molecule has 0 saturated carbocycles. The molecule has 0 aliphatic carbocycles. The first-order valence-electron chi connectivity index (χ1n) is 7.68. The molecule has 0 fully saturated rings. The third kappa shape index (κ3) is 19.6. The van der Waals surface area contributed by atoms with Crippen LogP contribution in [0.5, 0.6) is 0 Å². The molecule has 0 aromatic carbocycles. The molecule has 8 heteroatoms. The molecule has 0 radical (unpaired) electrons. The molecule has 0 aliphatic rings. The maximum absolute atomic E-state index is 10.4. The number of unbranched alkanes of at least 4 members (excludes halogenated alkanes) is 4. The van der Waals surface area contributed by atoms with Gasteiger partial charge >= 0.3 is 7.82 Å². The fourth-order valence-electron chi connectivity index (χ4n) is 1.54. The Balaban J connectivity index is 3.11. The van der Waals surface area contributed by atoms with Crippen molar-refractivity contribution in [2.75, 3.05) is 39.6 Å². The number of allylic oxidation sites excluding steroid dienone is 1. The van der Waals surface area contributed by atoms with Crippen LogP contribution in [0.1, 0.15) is 39.0 Å². The van der Waals surface area contributed by atoms with Gasteiger partial charge in [0, 0.05) is 0 Å². The van der Waals surface area contributed by atoms with Gasteiger partial charge in [0.2, 0.25) is 0 Å². The van der Waals surface area contributed by atoms with Crippen LogP contribution in [0.4, 0.5) is 0 Å². The topological polar surface area (TPSA) is 94.5 Å². The second-order valence-corrected chi connectivity index (χ2v) is 5.88. The first-order valence-corrected chi connectivity index (χ1v) is 9.21. The van der Waals surface area contributed by atoms with E-state index in [0.29, 0.717) is 26.4 Å². The van der Waals surface area contributed by atoms with Gasteiger partial charge in [-0.05, 0) is 18.9 Å². The minimum atomic E-state index is -4.39. The lowest BCUT2D eigenvalue weighted by Gasteiger charge is -2.07. The second kappa shape index (κ2) is 15.5. The number of phosphoric acid groups is 1. The summed E-state index contributed by atoms with van der Waals surface area (Å²) in [5.74, 6) is 0. The summed E-state index contributed by atoms with van der Waals surface area (Å²) in [5, 5.41) is 0. The van der Waals surface area contributed by atoms with Gasteiger partial charge < -0.3 is 24.0 Å². The summed E-state index contributed by atoms with van der Waals surface area (Å²) >= 11 is 0. The highest BCUT2D eigenvalue weighted by molar-refractivity contribution is 7.46. The number of hydrogen-bond acceptors (Lipinski definition) is 5. The van der Waals surface area contributed by atoms with Gasteiger partial charge in [-0.15, -0.1) is 0 Å². The van der Waals surface area contributed by atoms with E-state index in [4.69, 9.17) is 24.0 Å². The van der Waals surface area contributed by atoms with Crippen molar-refractivity contribution in [1.82, 2.24) is 0 Å². The fraction of sp³-hybridized carbons (Fsp3) is 0.857. The van der Waals surface area contributed by atoms with E-state index < -0.39 is 7.82 Å². The number of ether oxygens (including phenoxy) is 3. The monoisotopic (exact) mass is 340 g/mol. The molecule has 22 heavy (non-hydrogen) atoms. The average Bonchev–Trinajstić information content (AvgIpc) is 2.45. The maximum atomic E-state index is 10.4. The van der Waals surface area contributed by atoms with Gasteiger partial charge in [-0.2, -0.15) is 0 Å². The third-order valence-electron chi connectivity index (χ3n) is 2.62. The van der Waals surface area contributed by atoms with Gasteiger partial charge in [-0.3, -0.25) is 4.52 Å². The van der Waals surface area contributed by atoms with Gasteiger partial charge in [-0.25, -0.2) is 4.57 Å². The molecule has 0 aromatic heterocycles. The lowest BCUT2D eigenvalue weighted by atomic mass is 10.1. The van der Waals surface area contributed by atoms with E-state index >= 15 is 0 Å². The van der Waals surface area contributed by atoms with Crippen LogP contribution in [-0.2, 0) is 23.3 Å². The van der Waals surface area contributed by atoms with Gasteiger partial charge in [0.1, 0.15) is 6.61 Å². The molecule has 2 N–H and O–H groups in total. The molecule has 0 rings (SSSR count). The molecule has 0 saturated heterocycles. The number of hydrogen-bond donors (Lipinski definition) is 2. The largest absolute Gasteiger partial charge is 0.499 e. The summed E-state index contributed by atoms with van der Waals surface area (Å²) < 4.78 is 30.2. The van der Waals surface area contributed by atoms with Gasteiger partial charge in [0.25, 0.3) is 0 Å². The van der Waals surface area contributed by atoms with E-state index in [-0.39, 0.29) is 13.2 Å². The van der Waals surface area contributed by atoms with Crippen molar-refractivity contribution in [3.05, 3.63) is 12.3 Å². The molecular weight excluding hydrogens is 311 g/mol. The Hall–Kier alpha value is -0.430. The Morgan fingerprint density at radius 2 is 1.55 bits per heavy atom. The maximum Gasteiger partial charge on any atom is 0.469 e. The van der Waals surface area contributed by atoms with Crippen LogP contribution in [-0.4, -0.2) is 49.4 Å². The SMILES string of the molecule is CCCCCCC=COCCOCCOCCOP(=O)(O)O. The average molecular weight is 340 g/mol. The first kappa shape index (κ1) is 21.6. The minimum Gasteiger partial charge on any atom is -0.499 e. The molecule has 0 bridgehead atoms. The smallest absolute Gasteiger partial charge is 0.469 e. The van der Waals surface area contributed by atoms with Crippen LogP contribution < -0.4 is 0 Å². The van der Waals surface area contributed by atoms with Crippen molar-refractivity contribution < 1.29 is 33.1 Å². The zero-order chi connectivity index (χ0) is 16.5. The number of rotatable bonds is 16. The van der Waals surface area contributed by atoms with E-state index in [1.807, 2.05) is 6.08 Å². The standard InChI is InChI=1S/C14H29O7P/c1-2-3-4-5-6-7-8-18-9-10-19-11-12-20-13-14-21-22(15,16)17/h7-8H,2-6,9-14H2,1H3,(H2,15,16,17). The van der Waals surface area contributed by atoms with Crippen LogP contribution in [0.25, 0.3) is 0 Å². The van der Waals surface area contributed by atoms with Crippen molar-refractivity contribution in [2.24, 2.45) is 0 Å². The summed E-state index contributed by atoms with van der Waals surface area (Å²) in [6.45, 7) is 3.88. The van der Waals surface area contributed by atoms with Crippen molar-refractivity contribution in [2.45, 2.75) is 39.0 Å². The van der Waals surface area contributed by atoms with Crippen LogP contribution >= 0.6 is 7.82 Å². The summed E-state index contributed by atoms with van der Waals surface area (Å²) in [5.41, 5.74) is 0. The quantitative estimate of drug-likeness (QED) is 0.253. The lowest BCUT2D eigenvalue weighted by Crippen LogP contribution is -2.10. The highest BCUT2D eigenvalue weighted by Crippen LogP contribution is 2.35. The fourth-order valence-corrected chi connectivity index (χ4v) is 1.85. The Labute approximate surface area is 132 Å². The predicted molar refractivity (Wildman–Crippen MR) is 83.5 cm³/mol. The van der Waals surface area contributed by atoms with E-state index in [9.17, 15) is 4.57 Å². The summed E-state index contributed by atoms with van der Waals surface area (Å²) in [6, 6.07) is 0. The van der Waals surface area contributed by atoms with Crippen LogP contribution in [0, 0.1) is 0 Å². The van der Waals surface area contributed by atoms with Crippen LogP contribution in [0.3, 0.4) is 0 Å². The van der Waals surface area contributed by atoms with Gasteiger partial charge in [0.15, 0.2) is 0 Å². The first-order chi connectivity index (χ1) is 10.6. The molecule has 0 aliphatic heterocycles. The van der Waals surface area contributed by atoms with Gasteiger partial charge in [0.05, 0.1) is 39.3 Å². The molecule has 0 atom stereocenters. The highest BCUT2D eigenvalue weighted by atomic mass is 31.2. The van der Waals surface area contributed by atoms with Crippen molar-refractivity contribution in [3.63, 3.8) is 0 Å². The normalized spacial score (nSPS) is 12.1. The Morgan fingerprint density at radius 1 is 0.909 bits per heavy atom. The molecule has 0 amide bonds. The highest BCUT2D eigenvalue weighted by Gasteiger charge is 2.12. The molecule has 7 nitrogen and oxygen atoms in total. The Kier molecular flexibility index (Phi) is 15.2. The van der Waals surface area contributed by atoms with Gasteiger partial charge in [-0.1, -0.05) is 26.2 Å². The Morgan fingerprint density at radius 3 is 2.18 bits per heavy atom. The predicted octanol–water partition coefficient (Wildman–Crippen LogP) is 2.63. The molecule has 132 valence electrons. The minimum absolute atomic E-state index is 0.117. The summed E-state index contributed by atoms with van der Waals surface area (Å²) in [6.07, 6.45) is 9.79. The molecule has 0 aromatic rings. The van der Waals surface area contributed by atoms with E-state index in [1.165, 1.54) is 25.7 Å². The summed E-state index contributed by atoms with van der Waals surface area (Å²) in [7, 11) is -4.39. The van der Waals surface area contributed by atoms with Crippen molar-refractivity contribution >= 4 is 7.82 Å². The van der Waals surface area contributed by atoms with Crippen molar-refractivity contribution in [3.8, 4) is 0 Å². The molecular formula is C14H29O7P. The molecule has 0 heterocycles.